The van der Waals surface area contributed by atoms with Crippen molar-refractivity contribution in [1.82, 2.24) is 5.32 Å². The van der Waals surface area contributed by atoms with Crippen LogP contribution in [0.4, 0.5) is 5.69 Å². The van der Waals surface area contributed by atoms with Gasteiger partial charge in [0.25, 0.3) is 0 Å². The first-order chi connectivity index (χ1) is 8.50. The number of rotatable bonds is 3. The SMILES string of the molecule is C=CCNC(=S)Nc1ccc2c(c1)OC(C)(C)C2. The third kappa shape index (κ3) is 3.01. The van der Waals surface area contributed by atoms with Crippen LogP contribution < -0.4 is 15.4 Å². The fourth-order valence-electron chi connectivity index (χ4n) is 2.01. The molecule has 0 atom stereocenters. The largest absolute Gasteiger partial charge is 0.487 e. The van der Waals surface area contributed by atoms with E-state index >= 15 is 0 Å². The lowest BCUT2D eigenvalue weighted by Gasteiger charge is -2.17. The molecule has 1 heterocycles. The molecule has 1 aliphatic rings. The summed E-state index contributed by atoms with van der Waals surface area (Å²) in [5.41, 5.74) is 2.08. The first-order valence-corrected chi connectivity index (χ1v) is 6.39. The van der Waals surface area contributed by atoms with E-state index in [0.717, 1.165) is 17.9 Å². The zero-order chi connectivity index (χ0) is 13.2. The fourth-order valence-corrected chi connectivity index (χ4v) is 2.21. The molecule has 0 amide bonds. The molecule has 0 spiro atoms. The van der Waals surface area contributed by atoms with E-state index in [4.69, 9.17) is 17.0 Å². The third-order valence-electron chi connectivity index (χ3n) is 2.73. The average molecular weight is 262 g/mol. The Balaban J connectivity index is 2.05. The van der Waals surface area contributed by atoms with Gasteiger partial charge < -0.3 is 15.4 Å². The van der Waals surface area contributed by atoms with E-state index in [1.54, 1.807) is 6.08 Å². The molecule has 0 aliphatic carbocycles. The molecule has 18 heavy (non-hydrogen) atoms. The molecule has 1 aromatic carbocycles. The summed E-state index contributed by atoms with van der Waals surface area (Å²) in [4.78, 5) is 0. The van der Waals surface area contributed by atoms with Crippen LogP contribution in [0.1, 0.15) is 19.4 Å². The Hall–Kier alpha value is -1.55. The maximum atomic E-state index is 5.88. The van der Waals surface area contributed by atoms with Crippen molar-refractivity contribution in [3.05, 3.63) is 36.4 Å². The van der Waals surface area contributed by atoms with E-state index in [1.165, 1.54) is 5.56 Å². The summed E-state index contributed by atoms with van der Waals surface area (Å²) >= 11 is 5.16. The van der Waals surface area contributed by atoms with Crippen molar-refractivity contribution in [1.29, 1.82) is 0 Å². The van der Waals surface area contributed by atoms with E-state index in [-0.39, 0.29) is 5.60 Å². The Bertz CT molecular complexity index is 483. The Labute approximate surface area is 113 Å². The zero-order valence-corrected chi connectivity index (χ0v) is 11.6. The van der Waals surface area contributed by atoms with Gasteiger partial charge in [-0.15, -0.1) is 6.58 Å². The van der Waals surface area contributed by atoms with Crippen molar-refractivity contribution in [2.24, 2.45) is 0 Å². The molecule has 1 aromatic rings. The summed E-state index contributed by atoms with van der Waals surface area (Å²) in [5, 5.41) is 6.74. The molecule has 0 radical (unpaired) electrons. The lowest BCUT2D eigenvalue weighted by molar-refractivity contribution is 0.138. The van der Waals surface area contributed by atoms with Gasteiger partial charge in [0.05, 0.1) is 0 Å². The summed E-state index contributed by atoms with van der Waals surface area (Å²) in [6.07, 6.45) is 2.71. The van der Waals surface area contributed by atoms with Gasteiger partial charge in [0.2, 0.25) is 0 Å². The minimum absolute atomic E-state index is 0.109. The van der Waals surface area contributed by atoms with Gasteiger partial charge >= 0.3 is 0 Å². The van der Waals surface area contributed by atoms with Crippen LogP contribution in [0.2, 0.25) is 0 Å². The van der Waals surface area contributed by atoms with Crippen molar-refractivity contribution < 1.29 is 4.74 Å². The lowest BCUT2D eigenvalue weighted by Crippen LogP contribution is -2.28. The monoisotopic (exact) mass is 262 g/mol. The number of ether oxygens (including phenoxy) is 1. The van der Waals surface area contributed by atoms with Crippen molar-refractivity contribution in [2.45, 2.75) is 25.9 Å². The minimum Gasteiger partial charge on any atom is -0.487 e. The molecule has 2 rings (SSSR count). The molecule has 2 N–H and O–H groups in total. The van der Waals surface area contributed by atoms with Crippen LogP contribution in [0.15, 0.2) is 30.9 Å². The number of hydrogen-bond acceptors (Lipinski definition) is 2. The smallest absolute Gasteiger partial charge is 0.171 e. The molecule has 96 valence electrons. The lowest BCUT2D eigenvalue weighted by atomic mass is 10.0. The van der Waals surface area contributed by atoms with E-state index in [0.29, 0.717) is 11.7 Å². The van der Waals surface area contributed by atoms with Gasteiger partial charge in [-0.25, -0.2) is 0 Å². The van der Waals surface area contributed by atoms with Gasteiger partial charge in [-0.3, -0.25) is 0 Å². The van der Waals surface area contributed by atoms with Crippen LogP contribution in [-0.2, 0) is 6.42 Å². The van der Waals surface area contributed by atoms with E-state index in [2.05, 4.69) is 37.1 Å². The molecule has 1 aliphatic heterocycles. The van der Waals surface area contributed by atoms with Crippen LogP contribution in [0, 0.1) is 0 Å². The second kappa shape index (κ2) is 4.98. The summed E-state index contributed by atoms with van der Waals surface area (Å²) in [6, 6.07) is 6.10. The van der Waals surface area contributed by atoms with Gasteiger partial charge in [-0.05, 0) is 37.7 Å². The van der Waals surface area contributed by atoms with Gasteiger partial charge in [-0.1, -0.05) is 12.1 Å². The van der Waals surface area contributed by atoms with Crippen molar-refractivity contribution in [3.8, 4) is 5.75 Å². The molecular weight excluding hydrogens is 244 g/mol. The Kier molecular flexibility index (Phi) is 3.57. The van der Waals surface area contributed by atoms with E-state index in [9.17, 15) is 0 Å². The molecule has 0 bridgehead atoms. The Morgan fingerprint density at radius 1 is 1.56 bits per heavy atom. The van der Waals surface area contributed by atoms with Crippen molar-refractivity contribution in [2.75, 3.05) is 11.9 Å². The number of fused-ring (bicyclic) bond motifs is 1. The maximum Gasteiger partial charge on any atom is 0.171 e. The summed E-state index contributed by atoms with van der Waals surface area (Å²) < 4.78 is 5.88. The molecule has 0 unspecified atom stereocenters. The highest BCUT2D eigenvalue weighted by Gasteiger charge is 2.29. The zero-order valence-electron chi connectivity index (χ0n) is 10.7. The van der Waals surface area contributed by atoms with Crippen LogP contribution in [0.25, 0.3) is 0 Å². The summed E-state index contributed by atoms with van der Waals surface area (Å²) in [6.45, 7) is 8.47. The second-order valence-corrected chi connectivity index (χ2v) is 5.39. The summed E-state index contributed by atoms with van der Waals surface area (Å²) in [5.74, 6) is 0.941. The molecule has 0 fully saturated rings. The average Bonchev–Trinajstić information content (AvgIpc) is 2.59. The molecule has 0 aromatic heterocycles. The van der Waals surface area contributed by atoms with Crippen molar-refractivity contribution in [3.63, 3.8) is 0 Å². The quantitative estimate of drug-likeness (QED) is 0.648. The van der Waals surface area contributed by atoms with Gasteiger partial charge in [0, 0.05) is 24.7 Å². The Morgan fingerprint density at radius 2 is 2.33 bits per heavy atom. The van der Waals surface area contributed by atoms with Gasteiger partial charge in [0.15, 0.2) is 5.11 Å². The van der Waals surface area contributed by atoms with Crippen LogP contribution in [0.5, 0.6) is 5.75 Å². The number of thiocarbonyl (C=S) groups is 1. The second-order valence-electron chi connectivity index (χ2n) is 4.98. The molecule has 4 heteroatoms. The van der Waals surface area contributed by atoms with Gasteiger partial charge in [0.1, 0.15) is 11.4 Å². The molecular formula is C14H18N2OS. The highest BCUT2D eigenvalue weighted by atomic mass is 32.1. The van der Waals surface area contributed by atoms with Crippen molar-refractivity contribution >= 4 is 23.0 Å². The molecule has 0 saturated heterocycles. The molecule has 3 nitrogen and oxygen atoms in total. The van der Waals surface area contributed by atoms with E-state index < -0.39 is 0 Å². The topological polar surface area (TPSA) is 33.3 Å². The highest BCUT2D eigenvalue weighted by Crippen LogP contribution is 2.36. The first kappa shape index (κ1) is 12.9. The summed E-state index contributed by atoms with van der Waals surface area (Å²) in [7, 11) is 0. The molecule has 0 saturated carbocycles. The normalized spacial score (nSPS) is 15.4. The predicted molar refractivity (Wildman–Crippen MR) is 79.3 cm³/mol. The fraction of sp³-hybridized carbons (Fsp3) is 0.357. The Morgan fingerprint density at radius 3 is 3.06 bits per heavy atom. The number of benzene rings is 1. The number of nitrogens with one attached hydrogen (secondary N) is 2. The highest BCUT2D eigenvalue weighted by molar-refractivity contribution is 7.80. The standard InChI is InChI=1S/C14H18N2OS/c1-4-7-15-13(18)16-11-6-5-10-9-14(2,3)17-12(10)8-11/h4-6,8H,1,7,9H2,2-3H3,(H2,15,16,18). The van der Waals surface area contributed by atoms with Crippen LogP contribution in [-0.4, -0.2) is 17.3 Å². The van der Waals surface area contributed by atoms with Gasteiger partial charge in [-0.2, -0.15) is 0 Å². The maximum absolute atomic E-state index is 5.88. The first-order valence-electron chi connectivity index (χ1n) is 5.98. The van der Waals surface area contributed by atoms with E-state index in [1.807, 2.05) is 12.1 Å². The number of anilines is 1. The predicted octanol–water partition coefficient (Wildman–Crippen LogP) is 2.87. The van der Waals surface area contributed by atoms with Crippen LogP contribution in [0.3, 0.4) is 0 Å². The van der Waals surface area contributed by atoms with Crippen LogP contribution >= 0.6 is 12.2 Å². The number of hydrogen-bond donors (Lipinski definition) is 2. The third-order valence-corrected chi connectivity index (χ3v) is 2.98. The minimum atomic E-state index is -0.109.